The van der Waals surface area contributed by atoms with Gasteiger partial charge in [0.15, 0.2) is 0 Å². The second-order valence-electron chi connectivity index (χ2n) is 3.26. The van der Waals surface area contributed by atoms with E-state index < -0.39 is 0 Å². The molecule has 1 N–H and O–H groups in total. The summed E-state index contributed by atoms with van der Waals surface area (Å²) in [5.41, 5.74) is 1.02. The molecular weight excluding hydrogens is 136 g/mol. The van der Waals surface area contributed by atoms with Crippen LogP contribution < -0.4 is 0 Å². The van der Waals surface area contributed by atoms with E-state index in [4.69, 9.17) is 5.11 Å². The molecule has 1 heteroatoms. The van der Waals surface area contributed by atoms with Gasteiger partial charge in [-0.05, 0) is 12.8 Å². The van der Waals surface area contributed by atoms with Crippen LogP contribution in [0, 0.1) is 11.8 Å². The van der Waals surface area contributed by atoms with Crippen LogP contribution in [0.5, 0.6) is 0 Å². The van der Waals surface area contributed by atoms with Gasteiger partial charge in [-0.2, -0.15) is 0 Å². The molecule has 0 rings (SSSR count). The topological polar surface area (TPSA) is 20.2 Å². The van der Waals surface area contributed by atoms with Crippen molar-refractivity contribution < 1.29 is 5.11 Å². The second kappa shape index (κ2) is 5.14. The molecule has 0 aliphatic rings. The predicted molar refractivity (Wildman–Crippen MR) is 49.4 cm³/mol. The van der Waals surface area contributed by atoms with Crippen molar-refractivity contribution in [3.8, 4) is 0 Å². The van der Waals surface area contributed by atoms with Gasteiger partial charge in [-0.15, -0.1) is 0 Å². The third-order valence-corrected chi connectivity index (χ3v) is 1.56. The minimum Gasteiger partial charge on any atom is -0.395 e. The summed E-state index contributed by atoms with van der Waals surface area (Å²) in [7, 11) is 0. The first-order chi connectivity index (χ1) is 5.07. The first-order valence-electron chi connectivity index (χ1n) is 4.02. The summed E-state index contributed by atoms with van der Waals surface area (Å²) in [6, 6.07) is 0. The van der Waals surface area contributed by atoms with E-state index in [9.17, 15) is 0 Å². The molecule has 0 saturated heterocycles. The van der Waals surface area contributed by atoms with E-state index in [0.717, 1.165) is 5.57 Å². The molecule has 0 radical (unpaired) electrons. The summed E-state index contributed by atoms with van der Waals surface area (Å²) in [4.78, 5) is 0. The molecule has 64 valence electrons. The molecule has 0 spiro atoms. The van der Waals surface area contributed by atoms with Crippen molar-refractivity contribution in [3.05, 3.63) is 24.3 Å². The van der Waals surface area contributed by atoms with Gasteiger partial charge in [0.1, 0.15) is 0 Å². The summed E-state index contributed by atoms with van der Waals surface area (Å²) < 4.78 is 0. The van der Waals surface area contributed by atoms with Gasteiger partial charge in [-0.25, -0.2) is 0 Å². The molecule has 0 amide bonds. The zero-order chi connectivity index (χ0) is 8.85. The maximum Gasteiger partial charge on any atom is 0.0531 e. The van der Waals surface area contributed by atoms with Crippen molar-refractivity contribution in [3.63, 3.8) is 0 Å². The lowest BCUT2D eigenvalue weighted by Gasteiger charge is -2.08. The van der Waals surface area contributed by atoms with Gasteiger partial charge >= 0.3 is 0 Å². The van der Waals surface area contributed by atoms with Crippen molar-refractivity contribution in [1.29, 1.82) is 0 Å². The van der Waals surface area contributed by atoms with Crippen LogP contribution in [0.25, 0.3) is 0 Å². The van der Waals surface area contributed by atoms with E-state index in [1.807, 2.05) is 13.0 Å². The highest BCUT2D eigenvalue weighted by Crippen LogP contribution is 2.10. The molecule has 0 aromatic rings. The summed E-state index contributed by atoms with van der Waals surface area (Å²) in [6.45, 7) is 10.1. The lowest BCUT2D eigenvalue weighted by molar-refractivity contribution is 0.268. The van der Waals surface area contributed by atoms with Crippen molar-refractivity contribution in [1.82, 2.24) is 0 Å². The van der Waals surface area contributed by atoms with Crippen LogP contribution in [0.2, 0.25) is 0 Å². The van der Waals surface area contributed by atoms with Crippen LogP contribution >= 0.6 is 0 Å². The fraction of sp³-hybridized carbons (Fsp3) is 0.600. The summed E-state index contributed by atoms with van der Waals surface area (Å²) in [5.74, 6) is 0.681. The maximum absolute atomic E-state index is 8.90. The van der Waals surface area contributed by atoms with E-state index in [2.05, 4.69) is 26.5 Å². The average molecular weight is 154 g/mol. The Kier molecular flexibility index (Phi) is 4.88. The highest BCUT2D eigenvalue weighted by atomic mass is 16.3. The van der Waals surface area contributed by atoms with Gasteiger partial charge in [0, 0.05) is 5.92 Å². The summed E-state index contributed by atoms with van der Waals surface area (Å²) in [5, 5.41) is 8.90. The van der Waals surface area contributed by atoms with Crippen LogP contribution in [0.4, 0.5) is 0 Å². The van der Waals surface area contributed by atoms with Crippen molar-refractivity contribution >= 4 is 0 Å². The summed E-state index contributed by atoms with van der Waals surface area (Å²) >= 11 is 0. The highest BCUT2D eigenvalue weighted by Gasteiger charge is 2.01. The van der Waals surface area contributed by atoms with E-state index in [1.165, 1.54) is 0 Å². The minimum atomic E-state index is 0.136. The van der Waals surface area contributed by atoms with E-state index in [0.29, 0.717) is 5.92 Å². The van der Waals surface area contributed by atoms with Crippen molar-refractivity contribution in [2.75, 3.05) is 6.61 Å². The average Bonchev–Trinajstić information content (AvgIpc) is 1.87. The third-order valence-electron chi connectivity index (χ3n) is 1.56. The van der Waals surface area contributed by atoms with Crippen LogP contribution in [0.1, 0.15) is 20.8 Å². The Bertz CT molecular complexity index is 145. The number of hydrogen-bond donors (Lipinski definition) is 1. The van der Waals surface area contributed by atoms with Gasteiger partial charge in [0.05, 0.1) is 6.61 Å². The smallest absolute Gasteiger partial charge is 0.0531 e. The Hall–Kier alpha value is -0.560. The number of allylic oxidation sites excluding steroid dienone is 1. The second-order valence-corrected chi connectivity index (χ2v) is 3.26. The molecule has 1 nitrogen and oxygen atoms in total. The quantitative estimate of drug-likeness (QED) is 0.616. The van der Waals surface area contributed by atoms with Crippen LogP contribution in [-0.4, -0.2) is 11.7 Å². The Morgan fingerprint density at radius 2 is 2.00 bits per heavy atom. The fourth-order valence-corrected chi connectivity index (χ4v) is 0.737. The van der Waals surface area contributed by atoms with Crippen LogP contribution in [0.3, 0.4) is 0 Å². The Balaban J connectivity index is 3.97. The molecule has 0 saturated carbocycles. The molecule has 0 aromatic carbocycles. The Morgan fingerprint density at radius 3 is 2.27 bits per heavy atom. The lowest BCUT2D eigenvalue weighted by Crippen LogP contribution is -2.03. The molecule has 1 unspecified atom stereocenters. The fourth-order valence-electron chi connectivity index (χ4n) is 0.737. The molecule has 0 aliphatic carbocycles. The molecule has 0 heterocycles. The van der Waals surface area contributed by atoms with Gasteiger partial charge in [0.25, 0.3) is 0 Å². The zero-order valence-corrected chi connectivity index (χ0v) is 7.67. The van der Waals surface area contributed by atoms with Crippen LogP contribution in [0.15, 0.2) is 24.3 Å². The van der Waals surface area contributed by atoms with Crippen molar-refractivity contribution in [2.45, 2.75) is 20.8 Å². The normalized spacial score (nSPS) is 14.3. The molecule has 0 fully saturated rings. The predicted octanol–water partition coefficient (Wildman–Crippen LogP) is 2.38. The first kappa shape index (κ1) is 10.4. The van der Waals surface area contributed by atoms with E-state index in [-0.39, 0.29) is 12.5 Å². The largest absolute Gasteiger partial charge is 0.395 e. The minimum absolute atomic E-state index is 0.136. The lowest BCUT2D eigenvalue weighted by atomic mass is 10.0. The number of rotatable bonds is 4. The van der Waals surface area contributed by atoms with Gasteiger partial charge in [-0.3, -0.25) is 0 Å². The van der Waals surface area contributed by atoms with Crippen molar-refractivity contribution in [2.24, 2.45) is 11.8 Å². The monoisotopic (exact) mass is 154 g/mol. The Labute approximate surface area is 69.4 Å². The van der Waals surface area contributed by atoms with Gasteiger partial charge in [-0.1, -0.05) is 38.2 Å². The SMILES string of the molecule is C=C(C)C(/C=C\C(C)C)CO. The summed E-state index contributed by atoms with van der Waals surface area (Å²) in [6.07, 6.45) is 4.11. The van der Waals surface area contributed by atoms with Crippen LogP contribution in [-0.2, 0) is 0 Å². The standard InChI is InChI=1S/C10H18O/c1-8(2)5-6-10(7-11)9(3)4/h5-6,8,10-11H,3,7H2,1-2,4H3/b6-5-. The van der Waals surface area contributed by atoms with E-state index in [1.54, 1.807) is 0 Å². The molecule has 0 aliphatic heterocycles. The first-order valence-corrected chi connectivity index (χ1v) is 4.02. The zero-order valence-electron chi connectivity index (χ0n) is 7.67. The van der Waals surface area contributed by atoms with Gasteiger partial charge in [0.2, 0.25) is 0 Å². The molecule has 1 atom stereocenters. The molecular formula is C10H18O. The molecule has 0 bridgehead atoms. The van der Waals surface area contributed by atoms with Gasteiger partial charge < -0.3 is 5.11 Å². The number of hydrogen-bond acceptors (Lipinski definition) is 1. The molecule has 0 aromatic heterocycles. The molecule has 11 heavy (non-hydrogen) atoms. The maximum atomic E-state index is 8.90. The van der Waals surface area contributed by atoms with E-state index >= 15 is 0 Å². The number of aliphatic hydroxyl groups excluding tert-OH is 1. The highest BCUT2D eigenvalue weighted by molar-refractivity contribution is 5.07. The Morgan fingerprint density at radius 1 is 1.45 bits per heavy atom. The third kappa shape index (κ3) is 4.79. The number of aliphatic hydroxyl groups is 1.